The quantitative estimate of drug-likeness (QED) is 0.777. The van der Waals surface area contributed by atoms with Crippen molar-refractivity contribution >= 4 is 21.6 Å². The normalized spacial score (nSPS) is 21.9. The summed E-state index contributed by atoms with van der Waals surface area (Å²) in [5.74, 6) is -1.74. The molecule has 0 N–H and O–H groups in total. The molecule has 0 aromatic heterocycles. The van der Waals surface area contributed by atoms with Gasteiger partial charge in [0, 0.05) is 18.5 Å². The van der Waals surface area contributed by atoms with E-state index in [1.807, 2.05) is 0 Å². The van der Waals surface area contributed by atoms with Crippen molar-refractivity contribution in [1.82, 2.24) is 4.31 Å². The van der Waals surface area contributed by atoms with E-state index < -0.39 is 26.6 Å². The van der Waals surface area contributed by atoms with Crippen molar-refractivity contribution < 1.29 is 17.2 Å². The van der Waals surface area contributed by atoms with Crippen LogP contribution in [0.25, 0.3) is 0 Å². The van der Waals surface area contributed by atoms with Crippen LogP contribution in [-0.4, -0.2) is 31.2 Å². The molecule has 1 saturated heterocycles. The molecule has 0 spiro atoms. The van der Waals surface area contributed by atoms with E-state index in [2.05, 4.69) is 0 Å². The molecule has 1 aromatic carbocycles. The van der Waals surface area contributed by atoms with Crippen LogP contribution in [0.2, 0.25) is 0 Å². The topological polar surface area (TPSA) is 37.4 Å². The molecule has 17 heavy (non-hydrogen) atoms. The molecule has 0 aliphatic carbocycles. The van der Waals surface area contributed by atoms with Gasteiger partial charge in [-0.1, -0.05) is 0 Å². The zero-order valence-corrected chi connectivity index (χ0v) is 10.3. The SMILES string of the molecule is O=S(=O)(c1cc(F)ccc1F)N1CCC(Cl)C1. The van der Waals surface area contributed by atoms with Gasteiger partial charge in [0.25, 0.3) is 0 Å². The Hall–Kier alpha value is -0.720. The minimum Gasteiger partial charge on any atom is -0.207 e. The minimum atomic E-state index is -3.99. The predicted molar refractivity (Wildman–Crippen MR) is 59.4 cm³/mol. The molecule has 1 aliphatic heterocycles. The second kappa shape index (κ2) is 4.51. The van der Waals surface area contributed by atoms with Crippen LogP contribution in [0.4, 0.5) is 8.78 Å². The summed E-state index contributed by atoms with van der Waals surface area (Å²) in [6.45, 7) is 0.353. The van der Waals surface area contributed by atoms with Crippen molar-refractivity contribution in [2.45, 2.75) is 16.7 Å². The predicted octanol–water partition coefficient (Wildman–Crippen LogP) is 1.97. The first kappa shape index (κ1) is 12.7. The largest absolute Gasteiger partial charge is 0.246 e. The monoisotopic (exact) mass is 281 g/mol. The molecule has 7 heteroatoms. The molecule has 1 fully saturated rings. The lowest BCUT2D eigenvalue weighted by Gasteiger charge is -2.16. The van der Waals surface area contributed by atoms with Gasteiger partial charge in [-0.05, 0) is 24.6 Å². The van der Waals surface area contributed by atoms with E-state index in [0.717, 1.165) is 16.4 Å². The third-order valence-corrected chi connectivity index (χ3v) is 4.84. The van der Waals surface area contributed by atoms with E-state index in [4.69, 9.17) is 11.6 Å². The molecule has 0 amide bonds. The summed E-state index contributed by atoms with van der Waals surface area (Å²) in [7, 11) is -3.99. The van der Waals surface area contributed by atoms with Crippen LogP contribution in [0.5, 0.6) is 0 Å². The fourth-order valence-electron chi connectivity index (χ4n) is 1.72. The smallest absolute Gasteiger partial charge is 0.207 e. The van der Waals surface area contributed by atoms with E-state index in [0.29, 0.717) is 12.5 Å². The summed E-state index contributed by atoms with van der Waals surface area (Å²) >= 11 is 5.80. The number of benzene rings is 1. The van der Waals surface area contributed by atoms with Crippen molar-refractivity contribution in [3.63, 3.8) is 0 Å². The molecule has 3 nitrogen and oxygen atoms in total. The summed E-state index contributed by atoms with van der Waals surface area (Å²) in [6.07, 6.45) is 0.512. The van der Waals surface area contributed by atoms with Crippen LogP contribution < -0.4 is 0 Å². The summed E-state index contributed by atoms with van der Waals surface area (Å²) in [4.78, 5) is -0.636. The van der Waals surface area contributed by atoms with Crippen molar-refractivity contribution in [3.8, 4) is 0 Å². The van der Waals surface area contributed by atoms with Gasteiger partial charge in [-0.25, -0.2) is 17.2 Å². The summed E-state index contributed by atoms with van der Waals surface area (Å²) in [5, 5.41) is -0.276. The van der Waals surface area contributed by atoms with Gasteiger partial charge < -0.3 is 0 Å². The van der Waals surface area contributed by atoms with Crippen LogP contribution in [0, 0.1) is 11.6 Å². The summed E-state index contributed by atoms with van der Waals surface area (Å²) < 4.78 is 51.5. The second-order valence-electron chi connectivity index (χ2n) is 3.82. The highest BCUT2D eigenvalue weighted by Gasteiger charge is 2.33. The van der Waals surface area contributed by atoms with Gasteiger partial charge in [0.15, 0.2) is 0 Å². The molecular formula is C10H10ClF2NO2S. The third-order valence-electron chi connectivity index (χ3n) is 2.60. The second-order valence-corrected chi connectivity index (χ2v) is 6.35. The average Bonchev–Trinajstić information content (AvgIpc) is 2.69. The van der Waals surface area contributed by atoms with E-state index in [1.165, 1.54) is 0 Å². The highest BCUT2D eigenvalue weighted by Crippen LogP contribution is 2.25. The molecule has 1 atom stereocenters. The Morgan fingerprint density at radius 3 is 2.65 bits per heavy atom. The number of hydrogen-bond donors (Lipinski definition) is 0. The maximum absolute atomic E-state index is 13.4. The van der Waals surface area contributed by atoms with Crippen LogP contribution in [-0.2, 0) is 10.0 Å². The van der Waals surface area contributed by atoms with E-state index in [-0.39, 0.29) is 18.5 Å². The molecule has 0 saturated carbocycles. The lowest BCUT2D eigenvalue weighted by molar-refractivity contribution is 0.468. The van der Waals surface area contributed by atoms with Gasteiger partial charge in [0.05, 0.1) is 0 Å². The number of alkyl halides is 1. The Kier molecular flexibility index (Phi) is 3.38. The molecule has 0 radical (unpaired) electrons. The highest BCUT2D eigenvalue weighted by atomic mass is 35.5. The molecule has 1 aliphatic rings. The average molecular weight is 282 g/mol. The Balaban J connectivity index is 2.41. The first-order valence-electron chi connectivity index (χ1n) is 5.00. The van der Waals surface area contributed by atoms with Crippen LogP contribution in [0.15, 0.2) is 23.1 Å². The fourth-order valence-corrected chi connectivity index (χ4v) is 3.64. The first-order chi connectivity index (χ1) is 7.91. The Labute approximate surface area is 103 Å². The van der Waals surface area contributed by atoms with E-state index in [9.17, 15) is 17.2 Å². The van der Waals surface area contributed by atoms with Crippen LogP contribution >= 0.6 is 11.6 Å². The van der Waals surface area contributed by atoms with Gasteiger partial charge in [0.1, 0.15) is 16.5 Å². The maximum atomic E-state index is 13.4. The van der Waals surface area contributed by atoms with Crippen molar-refractivity contribution in [3.05, 3.63) is 29.8 Å². The molecule has 2 rings (SSSR count). The van der Waals surface area contributed by atoms with Crippen LogP contribution in [0.1, 0.15) is 6.42 Å². The standard InChI is InChI=1S/C10H10ClF2NO2S/c11-7-3-4-14(6-7)17(15,16)10-5-8(12)1-2-9(10)13/h1-2,5,7H,3-4,6H2. The highest BCUT2D eigenvalue weighted by molar-refractivity contribution is 7.89. The number of halogens is 3. The summed E-state index contributed by atoms with van der Waals surface area (Å²) in [6, 6.07) is 2.37. The van der Waals surface area contributed by atoms with Gasteiger partial charge >= 0.3 is 0 Å². The number of sulfonamides is 1. The van der Waals surface area contributed by atoms with E-state index >= 15 is 0 Å². The molecular weight excluding hydrogens is 272 g/mol. The van der Waals surface area contributed by atoms with Crippen molar-refractivity contribution in [2.75, 3.05) is 13.1 Å². The van der Waals surface area contributed by atoms with Gasteiger partial charge in [-0.3, -0.25) is 0 Å². The zero-order chi connectivity index (χ0) is 12.6. The Bertz CT molecular complexity index is 535. The van der Waals surface area contributed by atoms with Crippen molar-refractivity contribution in [2.24, 2.45) is 0 Å². The molecule has 0 bridgehead atoms. The molecule has 1 aromatic rings. The zero-order valence-electron chi connectivity index (χ0n) is 8.74. The molecule has 1 heterocycles. The maximum Gasteiger partial charge on any atom is 0.246 e. The lowest BCUT2D eigenvalue weighted by atomic mass is 10.3. The third kappa shape index (κ3) is 2.43. The molecule has 94 valence electrons. The Morgan fingerprint density at radius 2 is 2.06 bits per heavy atom. The minimum absolute atomic E-state index is 0.125. The number of rotatable bonds is 2. The summed E-state index contributed by atoms with van der Waals surface area (Å²) in [5.41, 5.74) is 0. The van der Waals surface area contributed by atoms with Gasteiger partial charge in [-0.2, -0.15) is 4.31 Å². The van der Waals surface area contributed by atoms with Crippen LogP contribution in [0.3, 0.4) is 0 Å². The first-order valence-corrected chi connectivity index (χ1v) is 6.88. The number of hydrogen-bond acceptors (Lipinski definition) is 2. The van der Waals surface area contributed by atoms with Gasteiger partial charge in [-0.15, -0.1) is 11.6 Å². The Morgan fingerprint density at radius 1 is 1.35 bits per heavy atom. The fraction of sp³-hybridized carbons (Fsp3) is 0.400. The molecule has 1 unspecified atom stereocenters. The lowest BCUT2D eigenvalue weighted by Crippen LogP contribution is -2.29. The van der Waals surface area contributed by atoms with Gasteiger partial charge in [0.2, 0.25) is 10.0 Å². The van der Waals surface area contributed by atoms with E-state index in [1.54, 1.807) is 0 Å². The number of nitrogens with zero attached hydrogens (tertiary/aromatic N) is 1. The van der Waals surface area contributed by atoms with Crippen molar-refractivity contribution in [1.29, 1.82) is 0 Å².